The third-order valence-electron chi connectivity index (χ3n) is 0.571. The van der Waals surface area contributed by atoms with Gasteiger partial charge in [0.15, 0.2) is 0 Å². The fourth-order valence-electron chi connectivity index (χ4n) is 0.0589. The topological polar surface area (TPSA) is 17.1 Å². The SMILES string of the molecule is C[C-]=C(C)C=O.[CH3-].[W].[Y]. The van der Waals surface area contributed by atoms with E-state index in [1.165, 1.54) is 0 Å². The average Bonchev–Trinajstić information content (AvgIpc) is 1.65. The predicted molar refractivity (Wildman–Crippen MR) is 30.6 cm³/mol. The maximum atomic E-state index is 9.64. The number of carbonyl (C=O) groups excluding carboxylic acids is 1. The van der Waals surface area contributed by atoms with Crippen molar-refractivity contribution in [2.24, 2.45) is 0 Å². The Balaban J connectivity index is -0.0000000417. The molecule has 0 heterocycles. The Labute approximate surface area is 96.8 Å². The van der Waals surface area contributed by atoms with Crippen molar-refractivity contribution in [3.63, 3.8) is 0 Å². The molecule has 0 unspecified atom stereocenters. The molecule has 1 radical (unpaired) electrons. The number of hydrogen-bond donors (Lipinski definition) is 0. The van der Waals surface area contributed by atoms with Gasteiger partial charge in [-0.3, -0.25) is 6.08 Å². The van der Waals surface area contributed by atoms with Gasteiger partial charge in [-0.25, -0.2) is 0 Å². The van der Waals surface area contributed by atoms with Crippen molar-refractivity contribution in [1.29, 1.82) is 0 Å². The van der Waals surface area contributed by atoms with Crippen molar-refractivity contribution in [1.82, 2.24) is 0 Å². The Morgan fingerprint density at radius 1 is 1.56 bits per heavy atom. The molecule has 0 N–H and O–H groups in total. The quantitative estimate of drug-likeness (QED) is 0.387. The molecule has 0 spiro atoms. The molecule has 0 rings (SSSR count). The van der Waals surface area contributed by atoms with Gasteiger partial charge in [0.05, 0.1) is 0 Å². The number of aldehydes is 1. The third kappa shape index (κ3) is 17.6. The zero-order chi connectivity index (χ0) is 4.99. The molecule has 51 valence electrons. The molecular weight excluding hydrogens is 361 g/mol. The molecular formula is C6H10OWY-2. The van der Waals surface area contributed by atoms with Gasteiger partial charge in [-0.1, -0.05) is 6.92 Å². The Hall–Kier alpha value is 1.20. The van der Waals surface area contributed by atoms with E-state index in [4.69, 9.17) is 0 Å². The Kier molecular flexibility index (Phi) is 40.2. The molecule has 1 nitrogen and oxygen atoms in total. The summed E-state index contributed by atoms with van der Waals surface area (Å²) in [6, 6.07) is 0. The molecule has 9 heavy (non-hydrogen) atoms. The van der Waals surface area contributed by atoms with Crippen LogP contribution < -0.4 is 0 Å². The van der Waals surface area contributed by atoms with Gasteiger partial charge >= 0.3 is 0 Å². The van der Waals surface area contributed by atoms with Crippen molar-refractivity contribution in [3.8, 4) is 0 Å². The summed E-state index contributed by atoms with van der Waals surface area (Å²) in [5.41, 5.74) is 0.662. The average molecular weight is 371 g/mol. The first kappa shape index (κ1) is 22.5. The van der Waals surface area contributed by atoms with Crippen LogP contribution in [0.1, 0.15) is 13.8 Å². The molecule has 0 atom stereocenters. The summed E-state index contributed by atoms with van der Waals surface area (Å²) in [5.74, 6) is 0. The second-order valence-electron chi connectivity index (χ2n) is 1.05. The zero-order valence-corrected chi connectivity index (χ0v) is 11.7. The summed E-state index contributed by atoms with van der Waals surface area (Å²) in [4.78, 5) is 9.64. The van der Waals surface area contributed by atoms with Crippen LogP contribution >= 0.6 is 0 Å². The van der Waals surface area contributed by atoms with Gasteiger partial charge in [-0.15, -0.1) is 6.92 Å². The summed E-state index contributed by atoms with van der Waals surface area (Å²) in [5, 5.41) is 0. The molecule has 0 aliphatic carbocycles. The molecule has 3 heteroatoms. The van der Waals surface area contributed by atoms with Crippen LogP contribution in [0.25, 0.3) is 0 Å². The van der Waals surface area contributed by atoms with Crippen LogP contribution in [0.3, 0.4) is 0 Å². The van der Waals surface area contributed by atoms with Crippen LogP contribution in [0.15, 0.2) is 5.57 Å². The smallest absolute Gasteiger partial charge is 0 e. The van der Waals surface area contributed by atoms with Crippen LogP contribution in [0.2, 0.25) is 0 Å². The fourth-order valence-corrected chi connectivity index (χ4v) is 0.0589. The first-order valence-corrected chi connectivity index (χ1v) is 1.77. The molecule has 0 saturated heterocycles. The van der Waals surface area contributed by atoms with E-state index < -0.39 is 0 Å². The molecule has 0 aliphatic rings. The van der Waals surface area contributed by atoms with E-state index in [0.717, 1.165) is 6.29 Å². The van der Waals surface area contributed by atoms with Crippen LogP contribution in [0, 0.1) is 13.5 Å². The normalized spacial score (nSPS) is 7.56. The van der Waals surface area contributed by atoms with Crippen molar-refractivity contribution < 1.29 is 58.6 Å². The minimum atomic E-state index is 0. The first-order valence-electron chi connectivity index (χ1n) is 1.77. The van der Waals surface area contributed by atoms with Gasteiger partial charge in [0.25, 0.3) is 0 Å². The van der Waals surface area contributed by atoms with Crippen LogP contribution in [-0.4, -0.2) is 6.29 Å². The van der Waals surface area contributed by atoms with E-state index in [0.29, 0.717) is 5.57 Å². The van der Waals surface area contributed by atoms with E-state index in [-0.39, 0.29) is 61.2 Å². The summed E-state index contributed by atoms with van der Waals surface area (Å²) >= 11 is 0. The van der Waals surface area contributed by atoms with Crippen LogP contribution in [-0.2, 0) is 58.6 Å². The second kappa shape index (κ2) is 16.1. The Morgan fingerprint density at radius 2 is 1.89 bits per heavy atom. The van der Waals surface area contributed by atoms with Crippen LogP contribution in [0.5, 0.6) is 0 Å². The number of carbonyl (C=O) groups is 1. The number of hydrogen-bond acceptors (Lipinski definition) is 1. The molecule has 0 aromatic rings. The number of rotatable bonds is 1. The summed E-state index contributed by atoms with van der Waals surface area (Å²) in [6.45, 7) is 3.43. The number of allylic oxidation sites excluding steroid dienone is 2. The zero-order valence-electron chi connectivity index (χ0n) is 5.97. The summed E-state index contributed by atoms with van der Waals surface area (Å²) in [7, 11) is 0. The summed E-state index contributed by atoms with van der Waals surface area (Å²) < 4.78 is 0. The predicted octanol–water partition coefficient (Wildman–Crippen LogP) is 1.40. The molecule has 0 saturated carbocycles. The van der Waals surface area contributed by atoms with Crippen LogP contribution in [0.4, 0.5) is 0 Å². The third-order valence-corrected chi connectivity index (χ3v) is 0.571. The van der Waals surface area contributed by atoms with Gasteiger partial charge in [0.1, 0.15) is 0 Å². The molecule has 0 aliphatic heterocycles. The monoisotopic (exact) mass is 371 g/mol. The minimum Gasteiger partial charge on any atom is -0.410 e. The largest absolute Gasteiger partial charge is 0.410 e. The van der Waals surface area contributed by atoms with Gasteiger partial charge in [-0.2, -0.15) is 5.57 Å². The summed E-state index contributed by atoms with van der Waals surface area (Å²) in [6.07, 6.45) is 3.44. The van der Waals surface area contributed by atoms with E-state index in [1.54, 1.807) is 13.8 Å². The van der Waals surface area contributed by atoms with Gasteiger partial charge < -0.3 is 12.2 Å². The van der Waals surface area contributed by atoms with E-state index >= 15 is 0 Å². The maximum Gasteiger partial charge on any atom is 0 e. The molecule has 0 fully saturated rings. The van der Waals surface area contributed by atoms with Crippen molar-refractivity contribution >= 4 is 6.29 Å². The van der Waals surface area contributed by atoms with Gasteiger partial charge in [0.2, 0.25) is 0 Å². The van der Waals surface area contributed by atoms with Crippen molar-refractivity contribution in [3.05, 3.63) is 19.1 Å². The van der Waals surface area contributed by atoms with Gasteiger partial charge in [0, 0.05) is 53.8 Å². The van der Waals surface area contributed by atoms with E-state index in [2.05, 4.69) is 6.08 Å². The second-order valence-corrected chi connectivity index (χ2v) is 1.05. The molecule has 0 aromatic heterocycles. The first-order chi connectivity index (χ1) is 2.81. The Morgan fingerprint density at radius 3 is 1.89 bits per heavy atom. The van der Waals surface area contributed by atoms with Crippen molar-refractivity contribution in [2.75, 3.05) is 0 Å². The van der Waals surface area contributed by atoms with Crippen molar-refractivity contribution in [2.45, 2.75) is 13.8 Å². The fraction of sp³-hybridized carbons (Fsp3) is 0.333. The molecule has 0 amide bonds. The molecule has 0 aromatic carbocycles. The maximum absolute atomic E-state index is 9.64. The Bertz CT molecular complexity index is 81.1. The minimum absolute atomic E-state index is 0. The van der Waals surface area contributed by atoms with E-state index in [9.17, 15) is 4.79 Å². The standard InChI is InChI=1S/C5H7O.CH3.W.Y/c1-3-5(2)4-6;;;/h4H,1-2H3;1H3;;/q2*-1;;. The molecule has 0 bridgehead atoms. The van der Waals surface area contributed by atoms with Gasteiger partial charge in [-0.05, 0) is 6.29 Å². The van der Waals surface area contributed by atoms with E-state index in [1.807, 2.05) is 0 Å².